The number of aromatic nitrogens is 5. The average molecular weight is 192 g/mol. The monoisotopic (exact) mass is 192 g/mol. The number of H-pyrrole nitrogens is 1. The summed E-state index contributed by atoms with van der Waals surface area (Å²) >= 11 is 0. The second kappa shape index (κ2) is 4.52. The maximum absolute atomic E-state index is 3.86. The highest BCUT2D eigenvalue weighted by atomic mass is 15.4. The molecule has 14 heavy (non-hydrogen) atoms. The van der Waals surface area contributed by atoms with Crippen LogP contribution in [0.4, 0.5) is 0 Å². The van der Waals surface area contributed by atoms with Crippen LogP contribution >= 0.6 is 0 Å². The first-order valence-corrected chi connectivity index (χ1v) is 4.48. The maximum atomic E-state index is 3.86. The standard InChI is InChI=1S/C8H12N6/c1-2-10-12-8(1)7-9-3-5-14-6-4-11-13-14/h1-2,4,6,9H,3,5,7H2,(H,10,12). The molecule has 0 radical (unpaired) electrons. The van der Waals surface area contributed by atoms with Gasteiger partial charge in [0.05, 0.1) is 12.7 Å². The van der Waals surface area contributed by atoms with Crippen LogP contribution in [0.15, 0.2) is 24.7 Å². The van der Waals surface area contributed by atoms with Gasteiger partial charge >= 0.3 is 0 Å². The quantitative estimate of drug-likeness (QED) is 0.643. The molecule has 0 saturated heterocycles. The Balaban J connectivity index is 1.65. The van der Waals surface area contributed by atoms with E-state index in [0.717, 1.165) is 25.3 Å². The second-order valence-corrected chi connectivity index (χ2v) is 2.92. The normalized spacial score (nSPS) is 10.6. The maximum Gasteiger partial charge on any atom is 0.0692 e. The lowest BCUT2D eigenvalue weighted by Crippen LogP contribution is -2.20. The predicted molar refractivity (Wildman–Crippen MR) is 50.3 cm³/mol. The molecule has 2 rings (SSSR count). The first-order valence-electron chi connectivity index (χ1n) is 4.48. The molecule has 2 N–H and O–H groups in total. The molecule has 2 aromatic rings. The Kier molecular flexibility index (Phi) is 2.87. The Morgan fingerprint density at radius 2 is 2.43 bits per heavy atom. The van der Waals surface area contributed by atoms with Crippen molar-refractivity contribution < 1.29 is 0 Å². The molecule has 0 aliphatic heterocycles. The highest BCUT2D eigenvalue weighted by Crippen LogP contribution is 1.89. The molecular formula is C8H12N6. The fourth-order valence-corrected chi connectivity index (χ4v) is 1.15. The summed E-state index contributed by atoms with van der Waals surface area (Å²) in [7, 11) is 0. The molecule has 6 heteroatoms. The molecule has 0 spiro atoms. The van der Waals surface area contributed by atoms with E-state index in [-0.39, 0.29) is 0 Å². The molecule has 0 fully saturated rings. The van der Waals surface area contributed by atoms with E-state index in [0.29, 0.717) is 0 Å². The zero-order valence-electron chi connectivity index (χ0n) is 7.72. The van der Waals surface area contributed by atoms with Gasteiger partial charge in [-0.1, -0.05) is 5.21 Å². The molecule has 0 bridgehead atoms. The number of hydrogen-bond donors (Lipinski definition) is 2. The van der Waals surface area contributed by atoms with Crippen molar-refractivity contribution in [1.29, 1.82) is 0 Å². The fourth-order valence-electron chi connectivity index (χ4n) is 1.15. The molecule has 0 saturated carbocycles. The van der Waals surface area contributed by atoms with Gasteiger partial charge in [-0.3, -0.25) is 9.78 Å². The van der Waals surface area contributed by atoms with Crippen LogP contribution < -0.4 is 5.32 Å². The van der Waals surface area contributed by atoms with Crippen LogP contribution in [-0.2, 0) is 13.1 Å². The first kappa shape index (κ1) is 8.89. The van der Waals surface area contributed by atoms with Gasteiger partial charge in [0.1, 0.15) is 0 Å². The van der Waals surface area contributed by atoms with Crippen molar-refractivity contribution in [2.24, 2.45) is 0 Å². The van der Waals surface area contributed by atoms with Gasteiger partial charge in [0.2, 0.25) is 0 Å². The predicted octanol–water partition coefficient (Wildman–Crippen LogP) is -0.209. The third kappa shape index (κ3) is 2.40. The van der Waals surface area contributed by atoms with Crippen molar-refractivity contribution in [2.75, 3.05) is 6.54 Å². The number of rotatable bonds is 5. The molecule has 6 nitrogen and oxygen atoms in total. The molecule has 74 valence electrons. The number of nitrogens with zero attached hydrogens (tertiary/aromatic N) is 4. The molecule has 2 heterocycles. The van der Waals surface area contributed by atoms with Crippen molar-refractivity contribution >= 4 is 0 Å². The SMILES string of the molecule is c1cn(CCNCc2ccn[nH]2)nn1. The molecule has 0 unspecified atom stereocenters. The summed E-state index contributed by atoms with van der Waals surface area (Å²) in [6, 6.07) is 1.95. The van der Waals surface area contributed by atoms with Gasteiger partial charge in [0.25, 0.3) is 0 Å². The zero-order valence-corrected chi connectivity index (χ0v) is 7.72. The average Bonchev–Trinajstić information content (AvgIpc) is 2.86. The topological polar surface area (TPSA) is 71.4 Å². The van der Waals surface area contributed by atoms with Crippen LogP contribution in [0, 0.1) is 0 Å². The van der Waals surface area contributed by atoms with Crippen LogP contribution in [0.25, 0.3) is 0 Å². The van der Waals surface area contributed by atoms with Gasteiger partial charge in [0.15, 0.2) is 0 Å². The lowest BCUT2D eigenvalue weighted by Gasteiger charge is -2.02. The number of nitrogens with one attached hydrogen (secondary N) is 2. The Morgan fingerprint density at radius 3 is 3.14 bits per heavy atom. The van der Waals surface area contributed by atoms with E-state index in [2.05, 4.69) is 25.8 Å². The summed E-state index contributed by atoms with van der Waals surface area (Å²) in [6.45, 7) is 2.49. The van der Waals surface area contributed by atoms with Crippen LogP contribution in [0.3, 0.4) is 0 Å². The molecule has 0 aliphatic rings. The highest BCUT2D eigenvalue weighted by molar-refractivity contribution is 4.96. The van der Waals surface area contributed by atoms with Crippen molar-refractivity contribution in [3.8, 4) is 0 Å². The summed E-state index contributed by atoms with van der Waals surface area (Å²) in [6.07, 6.45) is 5.27. The van der Waals surface area contributed by atoms with Crippen LogP contribution in [-0.4, -0.2) is 31.7 Å². The number of aromatic amines is 1. The van der Waals surface area contributed by atoms with Crippen molar-refractivity contribution in [3.05, 3.63) is 30.4 Å². The minimum atomic E-state index is 0.800. The smallest absolute Gasteiger partial charge is 0.0692 e. The molecule has 0 aromatic carbocycles. The summed E-state index contributed by atoms with van der Waals surface area (Å²) < 4.78 is 1.79. The Hall–Kier alpha value is -1.69. The van der Waals surface area contributed by atoms with E-state index >= 15 is 0 Å². The lowest BCUT2D eigenvalue weighted by molar-refractivity contribution is 0.537. The van der Waals surface area contributed by atoms with E-state index in [9.17, 15) is 0 Å². The molecular weight excluding hydrogens is 180 g/mol. The summed E-state index contributed by atoms with van der Waals surface area (Å²) in [5.41, 5.74) is 1.09. The Labute approximate surface area is 81.3 Å². The van der Waals surface area contributed by atoms with Crippen molar-refractivity contribution in [1.82, 2.24) is 30.5 Å². The third-order valence-corrected chi connectivity index (χ3v) is 1.86. The Bertz CT molecular complexity index is 302. The van der Waals surface area contributed by atoms with Crippen molar-refractivity contribution in [2.45, 2.75) is 13.1 Å². The second-order valence-electron chi connectivity index (χ2n) is 2.92. The zero-order chi connectivity index (χ0) is 9.64. The van der Waals surface area contributed by atoms with E-state index < -0.39 is 0 Å². The first-order chi connectivity index (χ1) is 6.95. The molecule has 0 aliphatic carbocycles. The van der Waals surface area contributed by atoms with Gasteiger partial charge in [-0.25, -0.2) is 0 Å². The van der Waals surface area contributed by atoms with Gasteiger partial charge in [-0.2, -0.15) is 5.10 Å². The summed E-state index contributed by atoms with van der Waals surface area (Å²) in [4.78, 5) is 0. The van der Waals surface area contributed by atoms with E-state index in [1.165, 1.54) is 0 Å². The van der Waals surface area contributed by atoms with E-state index in [1.807, 2.05) is 12.3 Å². The lowest BCUT2D eigenvalue weighted by atomic mass is 10.4. The van der Waals surface area contributed by atoms with E-state index in [1.54, 1.807) is 17.1 Å². The minimum absolute atomic E-state index is 0.800. The largest absolute Gasteiger partial charge is 0.309 e. The minimum Gasteiger partial charge on any atom is -0.309 e. The summed E-state index contributed by atoms with van der Waals surface area (Å²) in [5, 5.41) is 17.6. The van der Waals surface area contributed by atoms with Gasteiger partial charge < -0.3 is 5.32 Å². The van der Waals surface area contributed by atoms with Crippen molar-refractivity contribution in [3.63, 3.8) is 0 Å². The van der Waals surface area contributed by atoms with Crippen LogP contribution in [0.2, 0.25) is 0 Å². The van der Waals surface area contributed by atoms with Gasteiger partial charge in [0, 0.05) is 31.2 Å². The summed E-state index contributed by atoms with van der Waals surface area (Å²) in [5.74, 6) is 0. The fraction of sp³-hybridized carbons (Fsp3) is 0.375. The third-order valence-electron chi connectivity index (χ3n) is 1.86. The molecule has 0 atom stereocenters. The molecule has 2 aromatic heterocycles. The highest BCUT2D eigenvalue weighted by Gasteiger charge is 1.93. The number of hydrogen-bond acceptors (Lipinski definition) is 4. The van der Waals surface area contributed by atoms with Crippen LogP contribution in [0.5, 0.6) is 0 Å². The van der Waals surface area contributed by atoms with Gasteiger partial charge in [-0.05, 0) is 6.07 Å². The molecule has 0 amide bonds. The van der Waals surface area contributed by atoms with E-state index in [4.69, 9.17) is 0 Å². The van der Waals surface area contributed by atoms with Crippen LogP contribution in [0.1, 0.15) is 5.69 Å². The van der Waals surface area contributed by atoms with Gasteiger partial charge in [-0.15, -0.1) is 5.10 Å². The Morgan fingerprint density at radius 1 is 1.43 bits per heavy atom.